The van der Waals surface area contributed by atoms with Gasteiger partial charge >= 0.3 is 5.97 Å². The van der Waals surface area contributed by atoms with Gasteiger partial charge in [0.1, 0.15) is 5.15 Å². The molecule has 0 saturated carbocycles. The Bertz CT molecular complexity index is 703. The van der Waals surface area contributed by atoms with Gasteiger partial charge in [0.2, 0.25) is 0 Å². The summed E-state index contributed by atoms with van der Waals surface area (Å²) >= 11 is 5.80. The second-order valence-electron chi connectivity index (χ2n) is 4.71. The monoisotopic (exact) mass is 318 g/mol. The van der Waals surface area contributed by atoms with Crippen LogP contribution in [0.4, 0.5) is 5.69 Å². The third-order valence-corrected chi connectivity index (χ3v) is 3.37. The molecule has 1 aromatic carbocycles. The minimum absolute atomic E-state index is 0.0481. The fraction of sp³-hybridized carbons (Fsp3) is 0.188. The summed E-state index contributed by atoms with van der Waals surface area (Å²) in [6.45, 7) is 1.57. The summed E-state index contributed by atoms with van der Waals surface area (Å²) in [5.74, 6) is -1.01. The van der Waals surface area contributed by atoms with Gasteiger partial charge in [0.25, 0.3) is 5.91 Å². The van der Waals surface area contributed by atoms with Crippen LogP contribution < -0.4 is 4.90 Å². The fourth-order valence-electron chi connectivity index (χ4n) is 1.82. The number of nitrogens with zero attached hydrogens (tertiary/aromatic N) is 2. The third kappa shape index (κ3) is 3.83. The van der Waals surface area contributed by atoms with E-state index in [9.17, 15) is 9.59 Å². The summed E-state index contributed by atoms with van der Waals surface area (Å²) in [6.07, 6.45) is 1.47. The summed E-state index contributed by atoms with van der Waals surface area (Å²) < 4.78 is 4.99. The predicted molar refractivity (Wildman–Crippen MR) is 84.1 cm³/mol. The quantitative estimate of drug-likeness (QED) is 0.642. The van der Waals surface area contributed by atoms with E-state index < -0.39 is 5.97 Å². The first-order valence-electron chi connectivity index (χ1n) is 6.60. The Labute approximate surface area is 133 Å². The molecule has 0 bridgehead atoms. The highest BCUT2D eigenvalue weighted by molar-refractivity contribution is 6.32. The number of hydrogen-bond acceptors (Lipinski definition) is 4. The number of benzene rings is 1. The van der Waals surface area contributed by atoms with Gasteiger partial charge < -0.3 is 9.64 Å². The van der Waals surface area contributed by atoms with E-state index in [1.165, 1.54) is 17.2 Å². The number of aryl methyl sites for hydroxylation is 1. The molecule has 1 amide bonds. The summed E-state index contributed by atoms with van der Waals surface area (Å²) in [6, 6.07) is 10.5. The van der Waals surface area contributed by atoms with Crippen molar-refractivity contribution < 1.29 is 14.3 Å². The van der Waals surface area contributed by atoms with Crippen LogP contribution in [-0.4, -0.2) is 30.5 Å². The van der Waals surface area contributed by atoms with Crippen LogP contribution in [-0.2, 0) is 9.53 Å². The Morgan fingerprint density at radius 2 is 2.05 bits per heavy atom. The maximum Gasteiger partial charge on any atom is 0.341 e. The van der Waals surface area contributed by atoms with E-state index in [2.05, 4.69) is 4.98 Å². The molecule has 1 aromatic heterocycles. The summed E-state index contributed by atoms with van der Waals surface area (Å²) in [4.78, 5) is 29.2. The van der Waals surface area contributed by atoms with Crippen LogP contribution in [0.3, 0.4) is 0 Å². The number of pyridine rings is 1. The number of carbonyl (C=O) groups is 2. The van der Waals surface area contributed by atoms with E-state index in [1.807, 2.05) is 31.2 Å². The molecule has 5 nitrogen and oxygen atoms in total. The number of anilines is 1. The largest absolute Gasteiger partial charge is 0.452 e. The molecule has 114 valence electrons. The molecule has 0 aliphatic heterocycles. The zero-order chi connectivity index (χ0) is 16.1. The highest BCUT2D eigenvalue weighted by Gasteiger charge is 2.17. The van der Waals surface area contributed by atoms with Crippen LogP contribution in [0.1, 0.15) is 15.9 Å². The van der Waals surface area contributed by atoms with E-state index >= 15 is 0 Å². The van der Waals surface area contributed by atoms with Crippen molar-refractivity contribution in [3.8, 4) is 0 Å². The van der Waals surface area contributed by atoms with E-state index in [4.69, 9.17) is 16.3 Å². The van der Waals surface area contributed by atoms with Gasteiger partial charge in [0.15, 0.2) is 6.61 Å². The van der Waals surface area contributed by atoms with E-state index in [1.54, 1.807) is 13.1 Å². The second-order valence-corrected chi connectivity index (χ2v) is 5.07. The van der Waals surface area contributed by atoms with Crippen molar-refractivity contribution >= 4 is 29.2 Å². The van der Waals surface area contributed by atoms with Crippen molar-refractivity contribution in [2.45, 2.75) is 6.92 Å². The molecule has 0 fully saturated rings. The third-order valence-electron chi connectivity index (χ3n) is 3.07. The minimum Gasteiger partial charge on any atom is -0.452 e. The lowest BCUT2D eigenvalue weighted by atomic mass is 10.2. The van der Waals surface area contributed by atoms with Crippen LogP contribution in [0.15, 0.2) is 42.6 Å². The number of carbonyl (C=O) groups excluding carboxylic acids is 2. The zero-order valence-corrected chi connectivity index (χ0v) is 13.0. The van der Waals surface area contributed by atoms with Crippen molar-refractivity contribution in [1.82, 2.24) is 4.98 Å². The Kier molecular flexibility index (Phi) is 5.12. The van der Waals surface area contributed by atoms with Gasteiger partial charge in [-0.15, -0.1) is 0 Å². The fourth-order valence-corrected chi connectivity index (χ4v) is 2.02. The Morgan fingerprint density at radius 3 is 2.73 bits per heavy atom. The number of amides is 1. The topological polar surface area (TPSA) is 59.5 Å². The SMILES string of the molecule is Cc1cccc(N(C)C(=O)COC(=O)c2cccnc2Cl)c1. The van der Waals surface area contributed by atoms with Gasteiger partial charge in [0.05, 0.1) is 5.56 Å². The molecule has 0 saturated heterocycles. The molecular formula is C16H15ClN2O3. The van der Waals surface area contributed by atoms with Gasteiger partial charge in [-0.1, -0.05) is 23.7 Å². The lowest BCUT2D eigenvalue weighted by Gasteiger charge is -2.17. The van der Waals surface area contributed by atoms with Gasteiger partial charge in [-0.3, -0.25) is 4.79 Å². The van der Waals surface area contributed by atoms with Gasteiger partial charge in [-0.05, 0) is 36.8 Å². The average Bonchev–Trinajstić information content (AvgIpc) is 2.52. The second kappa shape index (κ2) is 7.04. The first-order chi connectivity index (χ1) is 10.5. The van der Waals surface area contributed by atoms with Gasteiger partial charge in [-0.2, -0.15) is 0 Å². The molecule has 0 aliphatic rings. The molecule has 0 aliphatic carbocycles. The number of likely N-dealkylation sites (N-methyl/N-ethyl adjacent to an activating group) is 1. The van der Waals surface area contributed by atoms with E-state index in [0.29, 0.717) is 0 Å². The van der Waals surface area contributed by atoms with Crippen molar-refractivity contribution in [2.75, 3.05) is 18.6 Å². The molecule has 0 atom stereocenters. The van der Waals surface area contributed by atoms with Crippen LogP contribution in [0.2, 0.25) is 5.15 Å². The maximum atomic E-state index is 12.1. The number of esters is 1. The lowest BCUT2D eigenvalue weighted by Crippen LogP contribution is -2.31. The molecular weight excluding hydrogens is 304 g/mol. The van der Waals surface area contributed by atoms with E-state index in [0.717, 1.165) is 11.3 Å². The van der Waals surface area contributed by atoms with Crippen molar-refractivity contribution in [2.24, 2.45) is 0 Å². The molecule has 22 heavy (non-hydrogen) atoms. The minimum atomic E-state index is -0.677. The number of rotatable bonds is 4. The normalized spacial score (nSPS) is 10.1. The molecule has 6 heteroatoms. The Hall–Kier alpha value is -2.40. The molecule has 0 N–H and O–H groups in total. The molecule has 0 spiro atoms. The van der Waals surface area contributed by atoms with Crippen molar-refractivity contribution in [3.05, 3.63) is 58.9 Å². The summed E-state index contributed by atoms with van der Waals surface area (Å²) in [7, 11) is 1.63. The predicted octanol–water partition coefficient (Wildman–Crippen LogP) is 2.86. The Balaban J connectivity index is 1.98. The number of halogens is 1. The average molecular weight is 319 g/mol. The summed E-state index contributed by atoms with van der Waals surface area (Å²) in [5.41, 5.74) is 1.91. The molecule has 0 unspecified atom stereocenters. The van der Waals surface area contributed by atoms with Gasteiger partial charge in [0, 0.05) is 18.9 Å². The standard InChI is InChI=1S/C16H15ClN2O3/c1-11-5-3-6-12(9-11)19(2)14(20)10-22-16(21)13-7-4-8-18-15(13)17/h3-9H,10H2,1-2H3. The van der Waals surface area contributed by atoms with Crippen LogP contribution in [0.5, 0.6) is 0 Å². The molecule has 0 radical (unpaired) electrons. The van der Waals surface area contributed by atoms with Gasteiger partial charge in [-0.25, -0.2) is 9.78 Å². The van der Waals surface area contributed by atoms with Crippen molar-refractivity contribution in [3.63, 3.8) is 0 Å². The summed E-state index contributed by atoms with van der Waals surface area (Å²) in [5, 5.41) is 0.0481. The first kappa shape index (κ1) is 16.0. The zero-order valence-electron chi connectivity index (χ0n) is 12.2. The molecule has 1 heterocycles. The highest BCUT2D eigenvalue weighted by atomic mass is 35.5. The van der Waals surface area contributed by atoms with Crippen LogP contribution >= 0.6 is 11.6 Å². The smallest absolute Gasteiger partial charge is 0.341 e. The number of aromatic nitrogens is 1. The van der Waals surface area contributed by atoms with Crippen LogP contribution in [0, 0.1) is 6.92 Å². The number of ether oxygens (including phenoxy) is 1. The maximum absolute atomic E-state index is 12.1. The molecule has 2 rings (SSSR count). The first-order valence-corrected chi connectivity index (χ1v) is 6.97. The number of hydrogen-bond donors (Lipinski definition) is 0. The Morgan fingerprint density at radius 1 is 1.27 bits per heavy atom. The van der Waals surface area contributed by atoms with E-state index in [-0.39, 0.29) is 23.2 Å². The molecule has 2 aromatic rings. The highest BCUT2D eigenvalue weighted by Crippen LogP contribution is 2.15. The van der Waals surface area contributed by atoms with Crippen molar-refractivity contribution in [1.29, 1.82) is 0 Å². The van der Waals surface area contributed by atoms with Crippen LogP contribution in [0.25, 0.3) is 0 Å². The lowest BCUT2D eigenvalue weighted by molar-refractivity contribution is -0.121.